The second kappa shape index (κ2) is 4.53. The second-order valence-corrected chi connectivity index (χ2v) is 2.78. The maximum Gasteiger partial charge on any atom is 0.349 e. The first-order chi connectivity index (χ1) is 6.24. The van der Waals surface area contributed by atoms with Crippen LogP contribution in [0.1, 0.15) is 19.3 Å². The van der Waals surface area contributed by atoms with E-state index in [1.165, 1.54) is 6.08 Å². The molecule has 1 rings (SSSR count). The molecular weight excluding hydrogens is 168 g/mol. The molecule has 1 aliphatic rings. The van der Waals surface area contributed by atoms with Gasteiger partial charge in [0.1, 0.15) is 5.76 Å². The summed E-state index contributed by atoms with van der Waals surface area (Å²) >= 11 is 0. The van der Waals surface area contributed by atoms with Crippen LogP contribution in [0.25, 0.3) is 0 Å². The quantitative estimate of drug-likeness (QED) is 0.530. The van der Waals surface area contributed by atoms with Gasteiger partial charge in [-0.05, 0) is 25.0 Å². The Hall–Kier alpha value is -1.47. The predicted molar refractivity (Wildman–Crippen MR) is 48.2 cm³/mol. The molecule has 1 aliphatic carbocycles. The number of carboxylic acid groups (broad SMARTS) is 1. The maximum atomic E-state index is 10.6. The van der Waals surface area contributed by atoms with Crippen molar-refractivity contribution >= 4 is 5.97 Å². The van der Waals surface area contributed by atoms with E-state index < -0.39 is 12.1 Å². The normalized spacial score (nSPS) is 17.4. The summed E-state index contributed by atoms with van der Waals surface area (Å²) in [5, 5.41) is 8.66. The van der Waals surface area contributed by atoms with E-state index in [0.29, 0.717) is 5.76 Å². The first-order valence-corrected chi connectivity index (χ1v) is 4.20. The minimum atomic E-state index is -1.02. The highest BCUT2D eigenvalue weighted by Gasteiger charge is 2.16. The van der Waals surface area contributed by atoms with E-state index in [2.05, 4.69) is 12.3 Å². The molecule has 1 unspecified atom stereocenters. The van der Waals surface area contributed by atoms with E-state index in [-0.39, 0.29) is 0 Å². The number of carbonyl (C=O) groups is 1. The number of carboxylic acids is 1. The zero-order chi connectivity index (χ0) is 9.68. The van der Waals surface area contributed by atoms with Gasteiger partial charge < -0.3 is 9.84 Å². The zero-order valence-electron chi connectivity index (χ0n) is 7.32. The molecule has 0 aromatic rings. The van der Waals surface area contributed by atoms with Crippen LogP contribution in [0.5, 0.6) is 0 Å². The molecule has 3 heteroatoms. The first-order valence-electron chi connectivity index (χ1n) is 4.20. The van der Waals surface area contributed by atoms with Gasteiger partial charge in [0.05, 0.1) is 0 Å². The Morgan fingerprint density at radius 1 is 1.85 bits per heavy atom. The Labute approximate surface area is 77.0 Å². The molecule has 0 aromatic heterocycles. The largest absolute Gasteiger partial charge is 0.478 e. The molecule has 0 spiro atoms. The lowest BCUT2D eigenvalue weighted by Gasteiger charge is -2.13. The van der Waals surface area contributed by atoms with Crippen molar-refractivity contribution < 1.29 is 14.6 Å². The smallest absolute Gasteiger partial charge is 0.349 e. The molecule has 0 saturated carbocycles. The molecule has 0 radical (unpaired) electrons. The van der Waals surface area contributed by atoms with Gasteiger partial charge in [-0.25, -0.2) is 4.79 Å². The summed E-state index contributed by atoms with van der Waals surface area (Å²) in [4.78, 5) is 10.6. The first kappa shape index (κ1) is 9.62. The topological polar surface area (TPSA) is 46.5 Å². The minimum absolute atomic E-state index is 0.610. The Morgan fingerprint density at radius 3 is 3.08 bits per heavy atom. The SMILES string of the molecule is C=CC(OC1=C=CCCC1)C(=O)O. The predicted octanol–water partition coefficient (Wildman–Crippen LogP) is 1.87. The van der Waals surface area contributed by atoms with Crippen molar-refractivity contribution in [1.29, 1.82) is 0 Å². The molecule has 3 nitrogen and oxygen atoms in total. The lowest BCUT2D eigenvalue weighted by Crippen LogP contribution is -2.20. The van der Waals surface area contributed by atoms with E-state index in [4.69, 9.17) is 9.84 Å². The molecule has 0 amide bonds. The average Bonchev–Trinajstić information content (AvgIpc) is 2.15. The summed E-state index contributed by atoms with van der Waals surface area (Å²) in [5.41, 5.74) is 2.90. The summed E-state index contributed by atoms with van der Waals surface area (Å²) in [5.74, 6) is -0.409. The van der Waals surface area contributed by atoms with E-state index in [9.17, 15) is 4.79 Å². The molecule has 1 atom stereocenters. The van der Waals surface area contributed by atoms with Crippen LogP contribution in [-0.4, -0.2) is 17.2 Å². The van der Waals surface area contributed by atoms with Crippen LogP contribution in [0.4, 0.5) is 0 Å². The molecule has 1 N–H and O–H groups in total. The van der Waals surface area contributed by atoms with Crippen molar-refractivity contribution in [3.8, 4) is 0 Å². The van der Waals surface area contributed by atoms with Crippen molar-refractivity contribution in [3.63, 3.8) is 0 Å². The molecule has 0 aliphatic heterocycles. The number of rotatable bonds is 4. The molecule has 13 heavy (non-hydrogen) atoms. The number of hydrogen-bond donors (Lipinski definition) is 1. The summed E-state index contributed by atoms with van der Waals surface area (Å²) in [7, 11) is 0. The van der Waals surface area contributed by atoms with Gasteiger partial charge in [0.15, 0.2) is 0 Å². The Bertz CT molecular complexity index is 272. The Morgan fingerprint density at radius 2 is 2.62 bits per heavy atom. The van der Waals surface area contributed by atoms with Gasteiger partial charge in [0.25, 0.3) is 0 Å². The lowest BCUT2D eigenvalue weighted by atomic mass is 10.1. The number of ether oxygens (including phenoxy) is 1. The Balaban J connectivity index is 2.60. The van der Waals surface area contributed by atoms with Crippen molar-refractivity contribution in [2.24, 2.45) is 0 Å². The standard InChI is InChI=1S/C10H12O3/c1-2-9(10(11)12)13-8-6-4-3-5-7-8/h2,4,9H,1,3,5,7H2,(H,11,12). The van der Waals surface area contributed by atoms with Crippen LogP contribution in [0, 0.1) is 0 Å². The monoisotopic (exact) mass is 180 g/mol. The summed E-state index contributed by atoms with van der Waals surface area (Å²) in [6, 6.07) is 0. The third kappa shape index (κ3) is 2.80. The van der Waals surface area contributed by atoms with E-state index in [1.54, 1.807) is 0 Å². The fraction of sp³-hybridized carbons (Fsp3) is 0.400. The van der Waals surface area contributed by atoms with Crippen molar-refractivity contribution in [2.75, 3.05) is 0 Å². The third-order valence-corrected chi connectivity index (χ3v) is 1.74. The fourth-order valence-electron chi connectivity index (χ4n) is 1.07. The second-order valence-electron chi connectivity index (χ2n) is 2.78. The average molecular weight is 180 g/mol. The van der Waals surface area contributed by atoms with Crippen LogP contribution in [0.2, 0.25) is 0 Å². The number of aliphatic carboxylic acids is 1. The van der Waals surface area contributed by atoms with Gasteiger partial charge in [0, 0.05) is 6.42 Å². The molecular formula is C10H12O3. The molecule has 0 fully saturated rings. The highest BCUT2D eigenvalue weighted by Crippen LogP contribution is 2.15. The fourth-order valence-corrected chi connectivity index (χ4v) is 1.07. The summed E-state index contributed by atoms with van der Waals surface area (Å²) in [6.07, 6.45) is 4.92. The lowest BCUT2D eigenvalue weighted by molar-refractivity contribution is -0.145. The van der Waals surface area contributed by atoms with Gasteiger partial charge in [-0.1, -0.05) is 12.3 Å². The van der Waals surface area contributed by atoms with Crippen LogP contribution in [0.3, 0.4) is 0 Å². The van der Waals surface area contributed by atoms with Crippen molar-refractivity contribution in [3.05, 3.63) is 30.2 Å². The molecule has 70 valence electrons. The molecule has 0 aromatic carbocycles. The van der Waals surface area contributed by atoms with Crippen molar-refractivity contribution in [1.82, 2.24) is 0 Å². The Kier molecular flexibility index (Phi) is 3.35. The van der Waals surface area contributed by atoms with Crippen LogP contribution in [-0.2, 0) is 9.53 Å². The highest BCUT2D eigenvalue weighted by atomic mass is 16.5. The van der Waals surface area contributed by atoms with Gasteiger partial charge in [-0.2, -0.15) is 0 Å². The summed E-state index contributed by atoms with van der Waals surface area (Å²) < 4.78 is 5.16. The zero-order valence-corrected chi connectivity index (χ0v) is 7.32. The minimum Gasteiger partial charge on any atom is -0.478 e. The van der Waals surface area contributed by atoms with Gasteiger partial charge >= 0.3 is 5.97 Å². The van der Waals surface area contributed by atoms with Crippen LogP contribution >= 0.6 is 0 Å². The van der Waals surface area contributed by atoms with Crippen LogP contribution < -0.4 is 0 Å². The van der Waals surface area contributed by atoms with Gasteiger partial charge in [0.2, 0.25) is 6.10 Å². The van der Waals surface area contributed by atoms with Gasteiger partial charge in [-0.15, -0.1) is 0 Å². The molecule has 0 bridgehead atoms. The maximum absolute atomic E-state index is 10.6. The third-order valence-electron chi connectivity index (χ3n) is 1.74. The molecule has 0 saturated heterocycles. The summed E-state index contributed by atoms with van der Waals surface area (Å²) in [6.45, 7) is 3.39. The van der Waals surface area contributed by atoms with E-state index in [0.717, 1.165) is 19.3 Å². The van der Waals surface area contributed by atoms with Crippen molar-refractivity contribution in [2.45, 2.75) is 25.4 Å². The number of hydrogen-bond acceptors (Lipinski definition) is 2. The van der Waals surface area contributed by atoms with E-state index >= 15 is 0 Å². The highest BCUT2D eigenvalue weighted by molar-refractivity contribution is 5.74. The van der Waals surface area contributed by atoms with E-state index in [1.807, 2.05) is 6.08 Å². The number of allylic oxidation sites excluding steroid dienone is 1. The molecule has 0 heterocycles. The van der Waals surface area contributed by atoms with Crippen LogP contribution in [0.15, 0.2) is 30.2 Å². The van der Waals surface area contributed by atoms with Gasteiger partial charge in [-0.3, -0.25) is 0 Å².